The number of carbonyl (C=O) groups excluding carboxylic acids is 1. The SMILES string of the molecule is CCC[C@H](N)C(=O)Nc1c(F)cc(F)cc1F. The van der Waals surface area contributed by atoms with E-state index in [4.69, 9.17) is 5.73 Å². The van der Waals surface area contributed by atoms with E-state index in [0.717, 1.165) is 0 Å². The zero-order valence-electron chi connectivity index (χ0n) is 9.27. The summed E-state index contributed by atoms with van der Waals surface area (Å²) in [6.45, 7) is 1.83. The van der Waals surface area contributed by atoms with Crippen LogP contribution >= 0.6 is 0 Å². The quantitative estimate of drug-likeness (QED) is 0.855. The largest absolute Gasteiger partial charge is 0.320 e. The minimum Gasteiger partial charge on any atom is -0.320 e. The molecule has 0 aliphatic heterocycles. The molecule has 0 aromatic heterocycles. The highest BCUT2D eigenvalue weighted by Crippen LogP contribution is 2.20. The highest BCUT2D eigenvalue weighted by atomic mass is 19.1. The Morgan fingerprint density at radius 2 is 1.88 bits per heavy atom. The topological polar surface area (TPSA) is 55.1 Å². The van der Waals surface area contributed by atoms with Crippen molar-refractivity contribution in [2.24, 2.45) is 5.73 Å². The fraction of sp³-hybridized carbons (Fsp3) is 0.364. The smallest absolute Gasteiger partial charge is 0.241 e. The number of anilines is 1. The minimum atomic E-state index is -1.17. The van der Waals surface area contributed by atoms with Gasteiger partial charge in [-0.15, -0.1) is 0 Å². The van der Waals surface area contributed by atoms with Gasteiger partial charge in [0.25, 0.3) is 0 Å². The third-order valence-corrected chi connectivity index (χ3v) is 2.19. The summed E-state index contributed by atoms with van der Waals surface area (Å²) in [5, 5.41) is 2.01. The molecule has 0 spiro atoms. The van der Waals surface area contributed by atoms with E-state index in [1.165, 1.54) is 0 Å². The van der Waals surface area contributed by atoms with Crippen molar-refractivity contribution in [3.05, 3.63) is 29.6 Å². The molecular weight excluding hydrogens is 233 g/mol. The number of halogens is 3. The predicted molar refractivity (Wildman–Crippen MR) is 57.8 cm³/mol. The molecule has 0 aliphatic rings. The number of amides is 1. The minimum absolute atomic E-state index is 0.399. The first-order valence-electron chi connectivity index (χ1n) is 5.16. The second-order valence-corrected chi connectivity index (χ2v) is 3.63. The van der Waals surface area contributed by atoms with Crippen molar-refractivity contribution in [2.45, 2.75) is 25.8 Å². The maximum atomic E-state index is 13.2. The second kappa shape index (κ2) is 5.67. The Morgan fingerprint density at radius 3 is 2.35 bits per heavy atom. The van der Waals surface area contributed by atoms with E-state index in [1.807, 2.05) is 12.2 Å². The van der Waals surface area contributed by atoms with Crippen LogP contribution in [0.2, 0.25) is 0 Å². The molecule has 1 aromatic rings. The molecule has 17 heavy (non-hydrogen) atoms. The van der Waals surface area contributed by atoms with Gasteiger partial charge in [0.1, 0.15) is 11.5 Å². The van der Waals surface area contributed by atoms with Gasteiger partial charge >= 0.3 is 0 Å². The van der Waals surface area contributed by atoms with Crippen molar-refractivity contribution in [1.29, 1.82) is 0 Å². The van der Waals surface area contributed by atoms with Gasteiger partial charge in [0.05, 0.1) is 6.04 Å². The first kappa shape index (κ1) is 13.5. The second-order valence-electron chi connectivity index (χ2n) is 3.63. The third-order valence-electron chi connectivity index (χ3n) is 2.19. The van der Waals surface area contributed by atoms with Gasteiger partial charge in [-0.3, -0.25) is 4.79 Å². The molecule has 0 saturated heterocycles. The maximum absolute atomic E-state index is 13.2. The van der Waals surface area contributed by atoms with Crippen molar-refractivity contribution in [2.75, 3.05) is 5.32 Å². The predicted octanol–water partition coefficient (Wildman–Crippen LogP) is 2.17. The Balaban J connectivity index is 2.85. The number of benzene rings is 1. The molecular formula is C11H13F3N2O. The van der Waals surface area contributed by atoms with Gasteiger partial charge in [-0.25, -0.2) is 13.2 Å². The van der Waals surface area contributed by atoms with Crippen LogP contribution in [0.15, 0.2) is 12.1 Å². The zero-order chi connectivity index (χ0) is 13.0. The van der Waals surface area contributed by atoms with Crippen molar-refractivity contribution >= 4 is 11.6 Å². The Morgan fingerprint density at radius 1 is 1.35 bits per heavy atom. The average Bonchev–Trinajstić information content (AvgIpc) is 2.23. The molecule has 0 fully saturated rings. The van der Waals surface area contributed by atoms with Crippen LogP contribution in [-0.2, 0) is 4.79 Å². The molecule has 6 heteroatoms. The molecule has 94 valence electrons. The van der Waals surface area contributed by atoms with Crippen molar-refractivity contribution in [3.63, 3.8) is 0 Å². The molecule has 1 aromatic carbocycles. The van der Waals surface area contributed by atoms with Crippen LogP contribution in [0.1, 0.15) is 19.8 Å². The monoisotopic (exact) mass is 246 g/mol. The Labute approximate surface area is 96.8 Å². The number of rotatable bonds is 4. The summed E-state index contributed by atoms with van der Waals surface area (Å²) in [6, 6.07) is 0.137. The number of nitrogens with one attached hydrogen (secondary N) is 1. The van der Waals surface area contributed by atoms with Crippen molar-refractivity contribution in [3.8, 4) is 0 Å². The van der Waals surface area contributed by atoms with E-state index < -0.39 is 35.1 Å². The van der Waals surface area contributed by atoms with Gasteiger partial charge in [0, 0.05) is 12.1 Å². The number of carbonyl (C=O) groups is 1. The van der Waals surface area contributed by atoms with E-state index in [9.17, 15) is 18.0 Å². The lowest BCUT2D eigenvalue weighted by Gasteiger charge is -2.12. The molecule has 0 bridgehead atoms. The van der Waals surface area contributed by atoms with Crippen LogP contribution in [-0.4, -0.2) is 11.9 Å². The summed E-state index contributed by atoms with van der Waals surface area (Å²) in [7, 11) is 0. The normalized spacial score (nSPS) is 12.3. The van der Waals surface area contributed by atoms with E-state index in [0.29, 0.717) is 25.0 Å². The van der Waals surface area contributed by atoms with E-state index >= 15 is 0 Å². The van der Waals surface area contributed by atoms with E-state index in [1.54, 1.807) is 0 Å². The van der Waals surface area contributed by atoms with Gasteiger partial charge < -0.3 is 11.1 Å². The summed E-state index contributed by atoms with van der Waals surface area (Å²) < 4.78 is 39.0. The fourth-order valence-electron chi connectivity index (χ4n) is 1.32. The first-order chi connectivity index (χ1) is 7.95. The van der Waals surface area contributed by atoms with Gasteiger partial charge in [-0.05, 0) is 6.42 Å². The first-order valence-corrected chi connectivity index (χ1v) is 5.16. The number of hydrogen-bond acceptors (Lipinski definition) is 2. The van der Waals surface area contributed by atoms with Gasteiger partial charge in [-0.1, -0.05) is 13.3 Å². The van der Waals surface area contributed by atoms with E-state index in [2.05, 4.69) is 0 Å². The van der Waals surface area contributed by atoms with Crippen LogP contribution in [0.3, 0.4) is 0 Å². The summed E-state index contributed by atoms with van der Waals surface area (Å²) in [5.74, 6) is -4.08. The molecule has 0 heterocycles. The van der Waals surface area contributed by atoms with Crippen molar-refractivity contribution < 1.29 is 18.0 Å². The van der Waals surface area contributed by atoms with Crippen LogP contribution in [0.25, 0.3) is 0 Å². The van der Waals surface area contributed by atoms with Crippen LogP contribution < -0.4 is 11.1 Å². The Kier molecular flexibility index (Phi) is 4.51. The molecule has 1 atom stereocenters. The molecule has 0 saturated carbocycles. The fourth-order valence-corrected chi connectivity index (χ4v) is 1.32. The van der Waals surface area contributed by atoms with Gasteiger partial charge in [0.15, 0.2) is 11.6 Å². The third kappa shape index (κ3) is 3.45. The summed E-state index contributed by atoms with van der Waals surface area (Å²) in [4.78, 5) is 11.4. The van der Waals surface area contributed by atoms with Crippen molar-refractivity contribution in [1.82, 2.24) is 0 Å². The zero-order valence-corrected chi connectivity index (χ0v) is 9.27. The molecule has 1 amide bonds. The lowest BCUT2D eigenvalue weighted by atomic mass is 10.1. The van der Waals surface area contributed by atoms with Gasteiger partial charge in [0.2, 0.25) is 5.91 Å². The van der Waals surface area contributed by atoms with E-state index in [-0.39, 0.29) is 0 Å². The van der Waals surface area contributed by atoms with Crippen LogP contribution in [0.4, 0.5) is 18.9 Å². The molecule has 0 aliphatic carbocycles. The molecule has 0 unspecified atom stereocenters. The average molecular weight is 246 g/mol. The maximum Gasteiger partial charge on any atom is 0.241 e. The Bertz CT molecular complexity index is 400. The lowest BCUT2D eigenvalue weighted by molar-refractivity contribution is -0.117. The lowest BCUT2D eigenvalue weighted by Crippen LogP contribution is -2.35. The van der Waals surface area contributed by atoms with Gasteiger partial charge in [-0.2, -0.15) is 0 Å². The molecule has 3 nitrogen and oxygen atoms in total. The summed E-state index contributed by atoms with van der Waals surface area (Å²) in [6.07, 6.45) is 1.07. The molecule has 3 N–H and O–H groups in total. The summed E-state index contributed by atoms with van der Waals surface area (Å²) in [5.41, 5.74) is 4.80. The van der Waals surface area contributed by atoms with Crippen LogP contribution in [0.5, 0.6) is 0 Å². The standard InChI is InChI=1S/C11H13F3N2O/c1-2-3-9(15)11(17)16-10-7(13)4-6(12)5-8(10)14/h4-5,9H,2-3,15H2,1H3,(H,16,17)/t9-/m0/s1. The van der Waals surface area contributed by atoms with Crippen LogP contribution in [0, 0.1) is 17.5 Å². The molecule has 1 rings (SSSR count). The highest BCUT2D eigenvalue weighted by molar-refractivity contribution is 5.94. The Hall–Kier alpha value is -1.56. The molecule has 0 radical (unpaired) electrons. The number of nitrogens with two attached hydrogens (primary N) is 1. The number of hydrogen-bond donors (Lipinski definition) is 2. The summed E-state index contributed by atoms with van der Waals surface area (Å²) >= 11 is 0. The highest BCUT2D eigenvalue weighted by Gasteiger charge is 2.18.